The van der Waals surface area contributed by atoms with E-state index in [1.807, 2.05) is 42.5 Å². The van der Waals surface area contributed by atoms with Crippen LogP contribution in [0.15, 0.2) is 120 Å². The zero-order valence-corrected chi connectivity index (χ0v) is 15.3. The molecule has 0 N–H and O–H groups in total. The number of carbonyl (C=O) groups excluding carboxylic acids is 1. The maximum Gasteiger partial charge on any atom is 0.240 e. The van der Waals surface area contributed by atoms with Crippen molar-refractivity contribution in [2.24, 2.45) is 4.99 Å². The Balaban J connectivity index is 2.08. The summed E-state index contributed by atoms with van der Waals surface area (Å²) in [6.07, 6.45) is 1.61. The van der Waals surface area contributed by atoms with E-state index in [0.29, 0.717) is 5.69 Å². The fraction of sp³-hybridized carbons (Fsp3) is 0.0385. The van der Waals surface area contributed by atoms with Crippen molar-refractivity contribution in [1.82, 2.24) is 0 Å². The summed E-state index contributed by atoms with van der Waals surface area (Å²) >= 11 is 0. The molecule has 28 heavy (non-hydrogen) atoms. The second-order valence-electron chi connectivity index (χ2n) is 6.60. The molecule has 4 aromatic carbocycles. The van der Waals surface area contributed by atoms with E-state index in [9.17, 15) is 4.79 Å². The topological polar surface area (TPSA) is 29.4 Å². The first-order chi connectivity index (χ1) is 13.9. The first kappa shape index (κ1) is 17.7. The van der Waals surface area contributed by atoms with Crippen LogP contribution in [-0.2, 0) is 10.2 Å². The number of isocyanates is 1. The maximum atomic E-state index is 10.6. The van der Waals surface area contributed by atoms with E-state index in [1.165, 1.54) is 16.7 Å². The van der Waals surface area contributed by atoms with Crippen molar-refractivity contribution in [3.63, 3.8) is 0 Å². The molecule has 0 aliphatic heterocycles. The molecule has 0 bridgehead atoms. The van der Waals surface area contributed by atoms with Gasteiger partial charge in [-0.1, -0.05) is 103 Å². The zero-order chi connectivity index (χ0) is 19.2. The van der Waals surface area contributed by atoms with Gasteiger partial charge in [-0.3, -0.25) is 0 Å². The van der Waals surface area contributed by atoms with E-state index in [1.54, 1.807) is 6.08 Å². The minimum Gasteiger partial charge on any atom is -0.211 e. The van der Waals surface area contributed by atoms with E-state index in [2.05, 4.69) is 77.8 Å². The molecule has 0 unspecified atom stereocenters. The molecule has 0 spiro atoms. The van der Waals surface area contributed by atoms with E-state index in [0.717, 1.165) is 5.56 Å². The van der Waals surface area contributed by atoms with Crippen molar-refractivity contribution in [3.05, 3.63) is 138 Å². The molecule has 4 aromatic rings. The molecule has 0 aliphatic rings. The Kier molecular flexibility index (Phi) is 4.97. The zero-order valence-electron chi connectivity index (χ0n) is 15.3. The predicted octanol–water partition coefficient (Wildman–Crippen LogP) is 6.04. The number of hydrogen-bond acceptors (Lipinski definition) is 2. The number of rotatable bonds is 5. The highest BCUT2D eigenvalue weighted by molar-refractivity contribution is 5.61. The molecule has 0 atom stereocenters. The second kappa shape index (κ2) is 7.87. The third kappa shape index (κ3) is 3.07. The highest BCUT2D eigenvalue weighted by Crippen LogP contribution is 2.45. The van der Waals surface area contributed by atoms with Crippen LogP contribution >= 0.6 is 0 Å². The molecule has 0 aromatic heterocycles. The van der Waals surface area contributed by atoms with Gasteiger partial charge in [0.15, 0.2) is 0 Å². The van der Waals surface area contributed by atoms with E-state index in [-0.39, 0.29) is 0 Å². The molecular weight excluding hydrogens is 342 g/mol. The van der Waals surface area contributed by atoms with Gasteiger partial charge in [0, 0.05) is 0 Å². The molecule has 0 radical (unpaired) electrons. The summed E-state index contributed by atoms with van der Waals surface area (Å²) in [6.45, 7) is 0. The minimum absolute atomic E-state index is 0.479. The summed E-state index contributed by atoms with van der Waals surface area (Å²) in [7, 11) is 0. The lowest BCUT2D eigenvalue weighted by Gasteiger charge is -2.36. The van der Waals surface area contributed by atoms with Crippen LogP contribution in [-0.4, -0.2) is 6.08 Å². The largest absolute Gasteiger partial charge is 0.240 e. The van der Waals surface area contributed by atoms with E-state index >= 15 is 0 Å². The molecular formula is C26H19NO. The minimum atomic E-state index is -0.479. The highest BCUT2D eigenvalue weighted by atomic mass is 16.1. The lowest BCUT2D eigenvalue weighted by molar-refractivity contribution is 0.565. The van der Waals surface area contributed by atoms with Crippen LogP contribution < -0.4 is 0 Å². The summed E-state index contributed by atoms with van der Waals surface area (Å²) in [5.41, 5.74) is 4.77. The van der Waals surface area contributed by atoms with Crippen LogP contribution in [0.4, 0.5) is 5.69 Å². The van der Waals surface area contributed by atoms with Crippen LogP contribution in [0.2, 0.25) is 0 Å². The molecule has 2 nitrogen and oxygen atoms in total. The van der Waals surface area contributed by atoms with Crippen molar-refractivity contribution in [2.75, 3.05) is 0 Å². The van der Waals surface area contributed by atoms with Gasteiger partial charge in [-0.25, -0.2) is 4.79 Å². The summed E-state index contributed by atoms with van der Waals surface area (Å²) in [4.78, 5) is 14.4. The Morgan fingerprint density at radius 3 is 1.21 bits per heavy atom. The number of aliphatic imine (C=N–C) groups is 1. The molecule has 2 heteroatoms. The summed E-state index contributed by atoms with van der Waals surface area (Å²) in [5.74, 6) is 0. The van der Waals surface area contributed by atoms with E-state index in [4.69, 9.17) is 0 Å². The lowest BCUT2D eigenvalue weighted by Crippen LogP contribution is -2.30. The fourth-order valence-electron chi connectivity index (χ4n) is 3.90. The molecule has 0 saturated heterocycles. The summed E-state index contributed by atoms with van der Waals surface area (Å²) < 4.78 is 0. The Morgan fingerprint density at radius 1 is 0.500 bits per heavy atom. The number of hydrogen-bond donors (Lipinski definition) is 0. The van der Waals surface area contributed by atoms with Crippen molar-refractivity contribution in [1.29, 1.82) is 0 Å². The first-order valence-corrected chi connectivity index (χ1v) is 9.20. The van der Waals surface area contributed by atoms with Gasteiger partial charge in [0.05, 0.1) is 11.1 Å². The average Bonchev–Trinajstić information content (AvgIpc) is 2.78. The first-order valence-electron chi connectivity index (χ1n) is 9.20. The molecule has 134 valence electrons. The van der Waals surface area contributed by atoms with Crippen LogP contribution in [0.3, 0.4) is 0 Å². The number of nitrogens with zero attached hydrogens (tertiary/aromatic N) is 1. The molecule has 4 rings (SSSR count). The molecule has 0 amide bonds. The SMILES string of the molecule is O=C=Nc1ccc(C(c2ccccc2)(c2ccccc2)c2ccccc2)cc1. The van der Waals surface area contributed by atoms with Gasteiger partial charge in [-0.05, 0) is 34.4 Å². The third-order valence-electron chi connectivity index (χ3n) is 5.10. The Morgan fingerprint density at radius 2 is 0.857 bits per heavy atom. The maximum absolute atomic E-state index is 10.6. The molecule has 0 aliphatic carbocycles. The van der Waals surface area contributed by atoms with Gasteiger partial charge >= 0.3 is 0 Å². The van der Waals surface area contributed by atoms with Crippen molar-refractivity contribution < 1.29 is 4.79 Å². The Bertz CT molecular complexity index is 985. The van der Waals surface area contributed by atoms with E-state index < -0.39 is 5.41 Å². The van der Waals surface area contributed by atoms with Crippen LogP contribution in [0.1, 0.15) is 22.3 Å². The van der Waals surface area contributed by atoms with Crippen molar-refractivity contribution >= 4 is 11.8 Å². The quantitative estimate of drug-likeness (QED) is 0.242. The third-order valence-corrected chi connectivity index (χ3v) is 5.10. The van der Waals surface area contributed by atoms with Crippen molar-refractivity contribution in [2.45, 2.75) is 5.41 Å². The Hall–Kier alpha value is -3.74. The summed E-state index contributed by atoms with van der Waals surface area (Å²) in [6, 6.07) is 39.3. The normalized spacial score (nSPS) is 10.9. The number of benzene rings is 4. The second-order valence-corrected chi connectivity index (χ2v) is 6.60. The average molecular weight is 361 g/mol. The molecule has 0 heterocycles. The standard InChI is InChI=1S/C26H19NO/c28-20-27-25-18-16-24(17-19-25)26(21-10-4-1-5-11-21,22-12-6-2-7-13-22)23-14-8-3-9-15-23/h1-19H. The van der Waals surface area contributed by atoms with Gasteiger partial charge in [-0.15, -0.1) is 0 Å². The lowest BCUT2D eigenvalue weighted by atomic mass is 9.65. The van der Waals surface area contributed by atoms with Gasteiger partial charge in [-0.2, -0.15) is 4.99 Å². The van der Waals surface area contributed by atoms with Crippen LogP contribution in [0.5, 0.6) is 0 Å². The highest BCUT2D eigenvalue weighted by Gasteiger charge is 2.37. The molecule has 0 saturated carbocycles. The van der Waals surface area contributed by atoms with Gasteiger partial charge in [0.1, 0.15) is 0 Å². The monoisotopic (exact) mass is 361 g/mol. The summed E-state index contributed by atoms with van der Waals surface area (Å²) in [5, 5.41) is 0. The Labute approximate surface area is 164 Å². The van der Waals surface area contributed by atoms with Crippen LogP contribution in [0.25, 0.3) is 0 Å². The van der Waals surface area contributed by atoms with Crippen molar-refractivity contribution in [3.8, 4) is 0 Å². The van der Waals surface area contributed by atoms with Crippen LogP contribution in [0, 0.1) is 0 Å². The predicted molar refractivity (Wildman–Crippen MR) is 113 cm³/mol. The smallest absolute Gasteiger partial charge is 0.211 e. The van der Waals surface area contributed by atoms with Gasteiger partial charge in [0.2, 0.25) is 6.08 Å². The van der Waals surface area contributed by atoms with Gasteiger partial charge < -0.3 is 0 Å². The van der Waals surface area contributed by atoms with Gasteiger partial charge in [0.25, 0.3) is 0 Å². The molecule has 0 fully saturated rings. The fourth-order valence-corrected chi connectivity index (χ4v) is 3.90.